The molecule has 2 N–H and O–H groups in total. The van der Waals surface area contributed by atoms with Gasteiger partial charge in [0.25, 0.3) is 0 Å². The van der Waals surface area contributed by atoms with Crippen molar-refractivity contribution in [3.8, 4) is 0 Å². The van der Waals surface area contributed by atoms with Crippen molar-refractivity contribution in [1.82, 2.24) is 10.6 Å². The average molecular weight is 186 g/mol. The van der Waals surface area contributed by atoms with E-state index in [1.807, 2.05) is 27.7 Å². The number of hydrogen-bond acceptors (Lipinski definition) is 2. The highest BCUT2D eigenvalue weighted by Gasteiger charge is 2.26. The van der Waals surface area contributed by atoms with Crippen LogP contribution in [0.1, 0.15) is 41.0 Å². The molecule has 78 valence electrons. The van der Waals surface area contributed by atoms with Crippen LogP contribution in [0.2, 0.25) is 0 Å². The molecule has 1 unspecified atom stereocenters. The van der Waals surface area contributed by atoms with Gasteiger partial charge in [0.15, 0.2) is 0 Å². The first-order valence-electron chi connectivity index (χ1n) is 5.00. The zero-order valence-electron chi connectivity index (χ0n) is 9.40. The number of rotatable bonds is 5. The summed E-state index contributed by atoms with van der Waals surface area (Å²) in [5.41, 5.74) is -0.460. The molecule has 1 amide bonds. The monoisotopic (exact) mass is 186 g/mol. The van der Waals surface area contributed by atoms with Crippen molar-refractivity contribution in [1.29, 1.82) is 0 Å². The van der Waals surface area contributed by atoms with Crippen LogP contribution < -0.4 is 10.6 Å². The molecule has 3 nitrogen and oxygen atoms in total. The number of hydrogen-bond donors (Lipinski definition) is 2. The number of carbonyl (C=O) groups is 1. The molecule has 0 saturated carbocycles. The summed E-state index contributed by atoms with van der Waals surface area (Å²) >= 11 is 0. The van der Waals surface area contributed by atoms with Crippen LogP contribution >= 0.6 is 0 Å². The Morgan fingerprint density at radius 3 is 2.31 bits per heavy atom. The van der Waals surface area contributed by atoms with Crippen LogP contribution in [0, 0.1) is 0 Å². The fourth-order valence-electron chi connectivity index (χ4n) is 1.03. The first-order chi connectivity index (χ1) is 5.94. The minimum atomic E-state index is -0.460. The van der Waals surface area contributed by atoms with Crippen LogP contribution in [0.25, 0.3) is 0 Å². The van der Waals surface area contributed by atoms with Gasteiger partial charge in [-0.1, -0.05) is 13.8 Å². The third kappa shape index (κ3) is 4.27. The van der Waals surface area contributed by atoms with Crippen LogP contribution in [0.4, 0.5) is 0 Å². The minimum Gasteiger partial charge on any atom is -0.352 e. The largest absolute Gasteiger partial charge is 0.352 e. The molecule has 0 aliphatic heterocycles. The summed E-state index contributed by atoms with van der Waals surface area (Å²) < 4.78 is 0. The van der Waals surface area contributed by atoms with Crippen LogP contribution in [-0.4, -0.2) is 24.0 Å². The van der Waals surface area contributed by atoms with Crippen molar-refractivity contribution in [2.75, 3.05) is 6.54 Å². The number of nitrogens with one attached hydrogen (secondary N) is 2. The van der Waals surface area contributed by atoms with Crippen molar-refractivity contribution in [2.45, 2.75) is 52.6 Å². The van der Waals surface area contributed by atoms with Crippen LogP contribution in [-0.2, 0) is 4.79 Å². The van der Waals surface area contributed by atoms with E-state index in [9.17, 15) is 4.79 Å². The van der Waals surface area contributed by atoms with Gasteiger partial charge >= 0.3 is 0 Å². The SMILES string of the molecule is CCNC(C)(C)C(=O)NC(C)CC. The van der Waals surface area contributed by atoms with Crippen molar-refractivity contribution < 1.29 is 4.79 Å². The second-order valence-electron chi connectivity index (χ2n) is 3.94. The zero-order chi connectivity index (χ0) is 10.5. The number of likely N-dealkylation sites (N-methyl/N-ethyl adjacent to an activating group) is 1. The van der Waals surface area contributed by atoms with Crippen molar-refractivity contribution in [2.24, 2.45) is 0 Å². The van der Waals surface area contributed by atoms with E-state index in [1.165, 1.54) is 0 Å². The van der Waals surface area contributed by atoms with Crippen LogP contribution in [0.3, 0.4) is 0 Å². The Morgan fingerprint density at radius 1 is 1.38 bits per heavy atom. The van der Waals surface area contributed by atoms with Gasteiger partial charge in [-0.05, 0) is 33.7 Å². The normalized spacial score (nSPS) is 13.9. The smallest absolute Gasteiger partial charge is 0.239 e. The van der Waals surface area contributed by atoms with Gasteiger partial charge < -0.3 is 10.6 Å². The van der Waals surface area contributed by atoms with Gasteiger partial charge in [-0.2, -0.15) is 0 Å². The first-order valence-corrected chi connectivity index (χ1v) is 5.00. The van der Waals surface area contributed by atoms with Crippen LogP contribution in [0.15, 0.2) is 0 Å². The molecule has 0 saturated heterocycles. The fourth-order valence-corrected chi connectivity index (χ4v) is 1.03. The van der Waals surface area contributed by atoms with E-state index in [4.69, 9.17) is 0 Å². The predicted octanol–water partition coefficient (Wildman–Crippen LogP) is 1.29. The maximum absolute atomic E-state index is 11.7. The molecule has 0 bridgehead atoms. The second kappa shape index (κ2) is 5.22. The van der Waals surface area contributed by atoms with E-state index in [2.05, 4.69) is 17.6 Å². The van der Waals surface area contributed by atoms with Gasteiger partial charge in [-0.3, -0.25) is 4.79 Å². The molecule has 0 aromatic heterocycles. The summed E-state index contributed by atoms with van der Waals surface area (Å²) in [6.07, 6.45) is 0.966. The Kier molecular flexibility index (Phi) is 4.99. The molecule has 3 heteroatoms. The molecule has 0 radical (unpaired) electrons. The average Bonchev–Trinajstić information content (AvgIpc) is 2.04. The molecule has 0 heterocycles. The van der Waals surface area contributed by atoms with E-state index >= 15 is 0 Å². The maximum atomic E-state index is 11.7. The molecule has 1 atom stereocenters. The Morgan fingerprint density at radius 2 is 1.92 bits per heavy atom. The number of carbonyl (C=O) groups excluding carboxylic acids is 1. The van der Waals surface area contributed by atoms with E-state index in [1.54, 1.807) is 0 Å². The second-order valence-corrected chi connectivity index (χ2v) is 3.94. The lowest BCUT2D eigenvalue weighted by Gasteiger charge is -2.26. The highest BCUT2D eigenvalue weighted by atomic mass is 16.2. The molecule has 13 heavy (non-hydrogen) atoms. The summed E-state index contributed by atoms with van der Waals surface area (Å²) in [5.74, 6) is 0.0729. The summed E-state index contributed by atoms with van der Waals surface area (Å²) in [6.45, 7) is 10.7. The lowest BCUT2D eigenvalue weighted by Crippen LogP contribution is -2.54. The van der Waals surface area contributed by atoms with E-state index < -0.39 is 5.54 Å². The van der Waals surface area contributed by atoms with Gasteiger partial charge in [0.2, 0.25) is 5.91 Å². The minimum absolute atomic E-state index is 0.0729. The van der Waals surface area contributed by atoms with Gasteiger partial charge in [-0.15, -0.1) is 0 Å². The van der Waals surface area contributed by atoms with Crippen LogP contribution in [0.5, 0.6) is 0 Å². The summed E-state index contributed by atoms with van der Waals surface area (Å²) in [4.78, 5) is 11.7. The molecule has 0 aliphatic rings. The highest BCUT2D eigenvalue weighted by molar-refractivity contribution is 5.85. The Bertz CT molecular complexity index is 166. The lowest BCUT2D eigenvalue weighted by molar-refractivity contribution is -0.127. The van der Waals surface area contributed by atoms with E-state index in [-0.39, 0.29) is 11.9 Å². The third-order valence-electron chi connectivity index (χ3n) is 2.18. The van der Waals surface area contributed by atoms with E-state index in [0.29, 0.717) is 0 Å². The van der Waals surface area contributed by atoms with Crippen molar-refractivity contribution >= 4 is 5.91 Å². The van der Waals surface area contributed by atoms with Gasteiger partial charge in [0, 0.05) is 6.04 Å². The van der Waals surface area contributed by atoms with Gasteiger partial charge in [-0.25, -0.2) is 0 Å². The van der Waals surface area contributed by atoms with E-state index in [0.717, 1.165) is 13.0 Å². The standard InChI is InChI=1S/C10H22N2O/c1-6-8(3)12-9(13)10(4,5)11-7-2/h8,11H,6-7H2,1-5H3,(H,12,13). The topological polar surface area (TPSA) is 41.1 Å². The lowest BCUT2D eigenvalue weighted by atomic mass is 10.0. The molecule has 0 aromatic rings. The predicted molar refractivity (Wildman–Crippen MR) is 55.7 cm³/mol. The zero-order valence-corrected chi connectivity index (χ0v) is 9.40. The summed E-state index contributed by atoms with van der Waals surface area (Å²) in [7, 11) is 0. The highest BCUT2D eigenvalue weighted by Crippen LogP contribution is 2.02. The molecular weight excluding hydrogens is 164 g/mol. The Hall–Kier alpha value is -0.570. The van der Waals surface area contributed by atoms with Gasteiger partial charge in [0.1, 0.15) is 0 Å². The molecule has 0 fully saturated rings. The maximum Gasteiger partial charge on any atom is 0.239 e. The molecular formula is C10H22N2O. The Balaban J connectivity index is 4.08. The quantitative estimate of drug-likeness (QED) is 0.679. The fraction of sp³-hybridized carbons (Fsp3) is 0.900. The molecule has 0 rings (SSSR count). The van der Waals surface area contributed by atoms with Crippen molar-refractivity contribution in [3.05, 3.63) is 0 Å². The Labute approximate surface area is 81.3 Å². The molecule has 0 aromatic carbocycles. The summed E-state index contributed by atoms with van der Waals surface area (Å²) in [6, 6.07) is 0.255. The summed E-state index contributed by atoms with van der Waals surface area (Å²) in [5, 5.41) is 6.09. The molecule has 0 aliphatic carbocycles. The first kappa shape index (κ1) is 12.4. The molecule has 0 spiro atoms. The van der Waals surface area contributed by atoms with Gasteiger partial charge in [0.05, 0.1) is 5.54 Å². The number of amides is 1. The third-order valence-corrected chi connectivity index (χ3v) is 2.18. The van der Waals surface area contributed by atoms with Crippen molar-refractivity contribution in [3.63, 3.8) is 0 Å².